The smallest absolute Gasteiger partial charge is 0.216 e. The maximum absolute atomic E-state index is 5.19. The molecule has 3 rings (SSSR count). The number of hydrogen-bond acceptors (Lipinski definition) is 4. The summed E-state index contributed by atoms with van der Waals surface area (Å²) >= 11 is 0. The van der Waals surface area contributed by atoms with Crippen molar-refractivity contribution in [2.45, 2.75) is 38.1 Å². The molecule has 4 nitrogen and oxygen atoms in total. The summed E-state index contributed by atoms with van der Waals surface area (Å²) < 4.78 is 5.19. The van der Waals surface area contributed by atoms with E-state index in [1.54, 1.807) is 13.4 Å². The van der Waals surface area contributed by atoms with E-state index < -0.39 is 0 Å². The predicted octanol–water partition coefficient (Wildman–Crippen LogP) is 2.57. The van der Waals surface area contributed by atoms with Crippen LogP contribution in [0.3, 0.4) is 0 Å². The first-order valence-corrected chi connectivity index (χ1v) is 7.33. The molecule has 0 radical (unpaired) electrons. The van der Waals surface area contributed by atoms with E-state index in [-0.39, 0.29) is 0 Å². The summed E-state index contributed by atoms with van der Waals surface area (Å²) in [6, 6.07) is 2.27. The molecule has 1 N–H and O–H groups in total. The number of nitrogens with zero attached hydrogens (tertiary/aromatic N) is 2. The van der Waals surface area contributed by atoms with E-state index >= 15 is 0 Å². The van der Waals surface area contributed by atoms with E-state index in [4.69, 9.17) is 4.74 Å². The van der Waals surface area contributed by atoms with Crippen LogP contribution in [0.5, 0.6) is 5.88 Å². The minimum absolute atomic E-state index is 0.321. The molecule has 0 saturated heterocycles. The molecule has 104 valence electrons. The quantitative estimate of drug-likeness (QED) is 0.885. The molecule has 2 saturated carbocycles. The molecule has 0 amide bonds. The lowest BCUT2D eigenvalue weighted by Crippen LogP contribution is -2.23. The fourth-order valence-electron chi connectivity index (χ4n) is 4.01. The zero-order valence-electron chi connectivity index (χ0n) is 11.8. The molecule has 4 unspecified atom stereocenters. The molecular formula is C15H23N3O. The van der Waals surface area contributed by atoms with Crippen molar-refractivity contribution in [2.24, 2.45) is 17.8 Å². The Morgan fingerprint density at radius 2 is 2.26 bits per heavy atom. The standard InChI is InChI=1S/C15H23N3O/c1-16-13(14-8-15(19-2)18-9-17-14)7-12-6-10-3-4-11(12)5-10/h8-13,16H,3-7H2,1-2H3. The van der Waals surface area contributed by atoms with Crippen LogP contribution in [0.2, 0.25) is 0 Å². The Bertz CT molecular complexity index is 437. The van der Waals surface area contributed by atoms with Gasteiger partial charge in [-0.1, -0.05) is 6.42 Å². The Balaban J connectivity index is 1.69. The summed E-state index contributed by atoms with van der Waals surface area (Å²) in [4.78, 5) is 8.49. The van der Waals surface area contributed by atoms with Crippen LogP contribution in [0.1, 0.15) is 43.8 Å². The van der Waals surface area contributed by atoms with E-state index in [2.05, 4.69) is 15.3 Å². The Morgan fingerprint density at radius 3 is 2.89 bits per heavy atom. The third-order valence-corrected chi connectivity index (χ3v) is 5.00. The monoisotopic (exact) mass is 261 g/mol. The highest BCUT2D eigenvalue weighted by Crippen LogP contribution is 2.50. The number of fused-ring (bicyclic) bond motifs is 2. The molecule has 0 aromatic carbocycles. The summed E-state index contributed by atoms with van der Waals surface area (Å²) in [5.74, 6) is 3.49. The van der Waals surface area contributed by atoms with E-state index in [9.17, 15) is 0 Å². The Hall–Kier alpha value is -1.16. The molecule has 1 aromatic rings. The first kappa shape index (κ1) is 12.9. The van der Waals surface area contributed by atoms with E-state index in [1.807, 2.05) is 13.1 Å². The lowest BCUT2D eigenvalue weighted by atomic mass is 9.83. The molecule has 2 fully saturated rings. The first-order valence-electron chi connectivity index (χ1n) is 7.33. The van der Waals surface area contributed by atoms with Crippen LogP contribution in [0, 0.1) is 17.8 Å². The van der Waals surface area contributed by atoms with Crippen molar-refractivity contribution in [3.05, 3.63) is 18.1 Å². The second-order valence-corrected chi connectivity index (χ2v) is 6.00. The number of methoxy groups -OCH3 is 1. The third kappa shape index (κ3) is 2.59. The maximum atomic E-state index is 5.19. The van der Waals surface area contributed by atoms with Crippen LogP contribution in [-0.4, -0.2) is 24.1 Å². The number of hydrogen-bond donors (Lipinski definition) is 1. The van der Waals surface area contributed by atoms with E-state index in [0.29, 0.717) is 11.9 Å². The summed E-state index contributed by atoms with van der Waals surface area (Å²) in [7, 11) is 3.67. The number of nitrogens with one attached hydrogen (secondary N) is 1. The average Bonchev–Trinajstić information content (AvgIpc) is 3.07. The van der Waals surface area contributed by atoms with E-state index in [0.717, 1.165) is 23.4 Å². The molecule has 0 aliphatic heterocycles. The van der Waals surface area contributed by atoms with Gasteiger partial charge >= 0.3 is 0 Å². The molecule has 2 aliphatic carbocycles. The Labute approximate surface area is 115 Å². The Kier molecular flexibility index (Phi) is 3.69. The SMILES string of the molecule is CNC(CC1CC2CCC1C2)c1cc(OC)ncn1. The molecule has 0 spiro atoms. The number of aromatic nitrogens is 2. The summed E-state index contributed by atoms with van der Waals surface area (Å²) in [6.45, 7) is 0. The molecule has 19 heavy (non-hydrogen) atoms. The highest BCUT2D eigenvalue weighted by Gasteiger charge is 2.40. The van der Waals surface area contributed by atoms with Crippen LogP contribution in [-0.2, 0) is 0 Å². The average molecular weight is 261 g/mol. The summed E-state index contributed by atoms with van der Waals surface area (Å²) in [6.07, 6.45) is 8.59. The largest absolute Gasteiger partial charge is 0.481 e. The van der Waals surface area contributed by atoms with Gasteiger partial charge in [-0.25, -0.2) is 9.97 Å². The van der Waals surface area contributed by atoms with Gasteiger partial charge in [0.25, 0.3) is 0 Å². The van der Waals surface area contributed by atoms with Gasteiger partial charge in [0, 0.05) is 12.1 Å². The van der Waals surface area contributed by atoms with Crippen molar-refractivity contribution in [1.82, 2.24) is 15.3 Å². The van der Waals surface area contributed by atoms with E-state index in [1.165, 1.54) is 32.1 Å². The van der Waals surface area contributed by atoms with Gasteiger partial charge in [0.1, 0.15) is 6.33 Å². The topological polar surface area (TPSA) is 47.0 Å². The predicted molar refractivity (Wildman–Crippen MR) is 73.9 cm³/mol. The Morgan fingerprint density at radius 1 is 1.37 bits per heavy atom. The summed E-state index contributed by atoms with van der Waals surface area (Å²) in [5, 5.41) is 3.41. The maximum Gasteiger partial charge on any atom is 0.216 e. The van der Waals surface area contributed by atoms with Crippen LogP contribution >= 0.6 is 0 Å². The van der Waals surface area contributed by atoms with Crippen molar-refractivity contribution in [3.8, 4) is 5.88 Å². The fraction of sp³-hybridized carbons (Fsp3) is 0.733. The van der Waals surface area contributed by atoms with Gasteiger partial charge in [0.15, 0.2) is 0 Å². The molecule has 2 aliphatic rings. The molecule has 4 heteroatoms. The van der Waals surface area contributed by atoms with Gasteiger partial charge in [0.2, 0.25) is 5.88 Å². The van der Waals surface area contributed by atoms with Crippen molar-refractivity contribution >= 4 is 0 Å². The normalized spacial score (nSPS) is 30.5. The molecular weight excluding hydrogens is 238 g/mol. The second-order valence-electron chi connectivity index (χ2n) is 6.00. The van der Waals surface area contributed by atoms with Gasteiger partial charge in [-0.2, -0.15) is 0 Å². The molecule has 4 atom stereocenters. The molecule has 1 heterocycles. The van der Waals surface area contributed by atoms with Crippen LogP contribution < -0.4 is 10.1 Å². The van der Waals surface area contributed by atoms with Gasteiger partial charge in [-0.3, -0.25) is 0 Å². The van der Waals surface area contributed by atoms with Crippen molar-refractivity contribution in [1.29, 1.82) is 0 Å². The minimum Gasteiger partial charge on any atom is -0.481 e. The first-order chi connectivity index (χ1) is 9.30. The minimum atomic E-state index is 0.321. The fourth-order valence-corrected chi connectivity index (χ4v) is 4.01. The summed E-state index contributed by atoms with van der Waals surface area (Å²) in [5.41, 5.74) is 1.05. The van der Waals surface area contributed by atoms with Crippen LogP contribution in [0.25, 0.3) is 0 Å². The highest BCUT2D eigenvalue weighted by molar-refractivity contribution is 5.16. The molecule has 2 bridgehead atoms. The van der Waals surface area contributed by atoms with Gasteiger partial charge in [-0.05, 0) is 50.5 Å². The van der Waals surface area contributed by atoms with Gasteiger partial charge in [0.05, 0.1) is 12.8 Å². The van der Waals surface area contributed by atoms with Gasteiger partial charge in [-0.15, -0.1) is 0 Å². The van der Waals surface area contributed by atoms with Crippen molar-refractivity contribution < 1.29 is 4.74 Å². The van der Waals surface area contributed by atoms with Crippen LogP contribution in [0.15, 0.2) is 12.4 Å². The lowest BCUT2D eigenvalue weighted by Gasteiger charge is -2.26. The molecule has 1 aromatic heterocycles. The zero-order chi connectivity index (χ0) is 13.2. The second kappa shape index (κ2) is 5.45. The number of ether oxygens (including phenoxy) is 1. The van der Waals surface area contributed by atoms with Gasteiger partial charge < -0.3 is 10.1 Å². The van der Waals surface area contributed by atoms with Crippen molar-refractivity contribution in [2.75, 3.05) is 14.2 Å². The lowest BCUT2D eigenvalue weighted by molar-refractivity contribution is 0.281. The zero-order valence-corrected chi connectivity index (χ0v) is 11.8. The number of rotatable bonds is 5. The third-order valence-electron chi connectivity index (χ3n) is 5.00. The van der Waals surface area contributed by atoms with Crippen molar-refractivity contribution in [3.63, 3.8) is 0 Å². The van der Waals surface area contributed by atoms with Crippen LogP contribution in [0.4, 0.5) is 0 Å². The highest BCUT2D eigenvalue weighted by atomic mass is 16.5.